The van der Waals surface area contributed by atoms with Crippen LogP contribution in [0.25, 0.3) is 0 Å². The van der Waals surface area contributed by atoms with E-state index in [0.29, 0.717) is 0 Å². The standard InChI is InChI=1S/C6H12O2S/c1-6(2,3)5(8)9-4-7/h7H,4H2,1-3H3. The van der Waals surface area contributed by atoms with Crippen molar-refractivity contribution in [2.24, 2.45) is 5.41 Å². The Morgan fingerprint density at radius 2 is 2.00 bits per heavy atom. The second-order valence-corrected chi connectivity index (χ2v) is 3.73. The fraction of sp³-hybridized carbons (Fsp3) is 0.833. The van der Waals surface area contributed by atoms with E-state index in [1.807, 2.05) is 20.8 Å². The summed E-state index contributed by atoms with van der Waals surface area (Å²) in [7, 11) is 0. The highest BCUT2D eigenvalue weighted by atomic mass is 32.2. The molecule has 0 aliphatic carbocycles. The smallest absolute Gasteiger partial charge is 0.196 e. The first-order chi connectivity index (χ1) is 3.98. The monoisotopic (exact) mass is 148 g/mol. The van der Waals surface area contributed by atoms with Gasteiger partial charge in [0, 0.05) is 5.41 Å². The molecule has 0 amide bonds. The minimum absolute atomic E-state index is 0.0324. The van der Waals surface area contributed by atoms with Crippen molar-refractivity contribution in [3.05, 3.63) is 0 Å². The minimum atomic E-state index is -0.326. The molecule has 0 rings (SSSR count). The van der Waals surface area contributed by atoms with Gasteiger partial charge in [-0.1, -0.05) is 32.5 Å². The first-order valence-electron chi connectivity index (χ1n) is 2.76. The average Bonchev–Trinajstić information content (AvgIpc) is 1.64. The third kappa shape index (κ3) is 3.54. The van der Waals surface area contributed by atoms with Crippen molar-refractivity contribution < 1.29 is 9.90 Å². The molecule has 0 radical (unpaired) electrons. The summed E-state index contributed by atoms with van der Waals surface area (Å²) in [4.78, 5) is 10.9. The van der Waals surface area contributed by atoms with Crippen LogP contribution in [0.4, 0.5) is 0 Å². The molecule has 0 aliphatic heterocycles. The third-order valence-corrected chi connectivity index (χ3v) is 1.81. The van der Waals surface area contributed by atoms with Crippen LogP contribution < -0.4 is 0 Å². The van der Waals surface area contributed by atoms with Crippen LogP contribution >= 0.6 is 11.8 Å². The molecule has 0 saturated carbocycles. The molecule has 54 valence electrons. The molecule has 2 nitrogen and oxygen atoms in total. The molecule has 3 heteroatoms. The van der Waals surface area contributed by atoms with Crippen LogP contribution in [0.15, 0.2) is 0 Å². The van der Waals surface area contributed by atoms with E-state index in [4.69, 9.17) is 5.11 Å². The molecule has 0 aromatic rings. The van der Waals surface area contributed by atoms with E-state index in [-0.39, 0.29) is 16.5 Å². The fourth-order valence-corrected chi connectivity index (χ4v) is 0.825. The van der Waals surface area contributed by atoms with Crippen LogP contribution in [0.3, 0.4) is 0 Å². The van der Waals surface area contributed by atoms with Gasteiger partial charge in [0.15, 0.2) is 5.12 Å². The lowest BCUT2D eigenvalue weighted by Gasteiger charge is -2.13. The lowest BCUT2D eigenvalue weighted by Crippen LogP contribution is -2.16. The van der Waals surface area contributed by atoms with Crippen LogP contribution in [-0.4, -0.2) is 16.2 Å². The summed E-state index contributed by atoms with van der Waals surface area (Å²) in [5.74, 6) is -0.115. The predicted octanol–water partition coefficient (Wildman–Crippen LogP) is 1.24. The second kappa shape index (κ2) is 3.22. The lowest BCUT2D eigenvalue weighted by molar-refractivity contribution is -0.117. The van der Waals surface area contributed by atoms with Crippen molar-refractivity contribution in [1.82, 2.24) is 0 Å². The number of thioether (sulfide) groups is 1. The van der Waals surface area contributed by atoms with Gasteiger partial charge in [0.1, 0.15) is 0 Å². The summed E-state index contributed by atoms with van der Waals surface area (Å²) in [5.41, 5.74) is -0.326. The van der Waals surface area contributed by atoms with Gasteiger partial charge < -0.3 is 5.11 Å². The average molecular weight is 148 g/mol. The van der Waals surface area contributed by atoms with E-state index in [2.05, 4.69) is 0 Å². The third-order valence-electron chi connectivity index (χ3n) is 0.808. The van der Waals surface area contributed by atoms with Gasteiger partial charge in [0.2, 0.25) is 0 Å². The zero-order chi connectivity index (χ0) is 7.49. The summed E-state index contributed by atoms with van der Waals surface area (Å²) in [6.45, 7) is 5.49. The molecule has 0 fully saturated rings. The molecule has 0 aliphatic rings. The van der Waals surface area contributed by atoms with E-state index >= 15 is 0 Å². The van der Waals surface area contributed by atoms with Crippen LogP contribution in [-0.2, 0) is 4.79 Å². The molecule has 0 spiro atoms. The number of hydrogen-bond acceptors (Lipinski definition) is 3. The highest BCUT2D eigenvalue weighted by Gasteiger charge is 2.20. The number of hydrogen-bond donors (Lipinski definition) is 1. The van der Waals surface area contributed by atoms with E-state index in [1.165, 1.54) is 0 Å². The zero-order valence-electron chi connectivity index (χ0n) is 5.97. The summed E-state index contributed by atoms with van der Waals surface area (Å²) >= 11 is 0.955. The topological polar surface area (TPSA) is 37.3 Å². The Bertz CT molecular complexity index is 104. The largest absolute Gasteiger partial charge is 0.385 e. The van der Waals surface area contributed by atoms with Gasteiger partial charge in [-0.05, 0) is 0 Å². The highest BCUT2D eigenvalue weighted by Crippen LogP contribution is 2.21. The molecular formula is C6H12O2S. The lowest BCUT2D eigenvalue weighted by atomic mass is 10.00. The number of aliphatic hydroxyl groups excluding tert-OH is 1. The number of aliphatic hydroxyl groups is 1. The Morgan fingerprint density at radius 3 is 2.11 bits per heavy atom. The molecule has 0 saturated heterocycles. The van der Waals surface area contributed by atoms with Crippen molar-refractivity contribution in [2.45, 2.75) is 20.8 Å². The second-order valence-electron chi connectivity index (χ2n) is 2.81. The van der Waals surface area contributed by atoms with Gasteiger partial charge in [0.05, 0.1) is 5.94 Å². The maximum absolute atomic E-state index is 10.9. The SMILES string of the molecule is CC(C)(C)C(=O)SCO. The van der Waals surface area contributed by atoms with Crippen LogP contribution in [0.1, 0.15) is 20.8 Å². The minimum Gasteiger partial charge on any atom is -0.385 e. The van der Waals surface area contributed by atoms with Gasteiger partial charge in [-0.25, -0.2) is 0 Å². The van der Waals surface area contributed by atoms with Gasteiger partial charge in [0.25, 0.3) is 0 Å². The Balaban J connectivity index is 3.74. The molecular weight excluding hydrogens is 136 g/mol. The number of rotatable bonds is 1. The Labute approximate surface area is 59.6 Å². The van der Waals surface area contributed by atoms with Crippen molar-refractivity contribution >= 4 is 16.9 Å². The molecule has 1 N–H and O–H groups in total. The van der Waals surface area contributed by atoms with E-state index in [1.54, 1.807) is 0 Å². The quantitative estimate of drug-likeness (QED) is 0.568. The van der Waals surface area contributed by atoms with Crippen LogP contribution in [0, 0.1) is 5.41 Å². The van der Waals surface area contributed by atoms with Crippen molar-refractivity contribution in [2.75, 3.05) is 5.94 Å². The van der Waals surface area contributed by atoms with Gasteiger partial charge in [-0.3, -0.25) is 4.79 Å². The molecule has 0 bridgehead atoms. The van der Waals surface area contributed by atoms with Crippen molar-refractivity contribution in [1.29, 1.82) is 0 Å². The van der Waals surface area contributed by atoms with Crippen molar-refractivity contribution in [3.8, 4) is 0 Å². The van der Waals surface area contributed by atoms with Crippen LogP contribution in [0.5, 0.6) is 0 Å². The fourth-order valence-electron chi connectivity index (χ4n) is 0.275. The summed E-state index contributed by atoms with van der Waals surface area (Å²) in [6, 6.07) is 0. The summed E-state index contributed by atoms with van der Waals surface area (Å²) in [5, 5.41) is 8.37. The zero-order valence-corrected chi connectivity index (χ0v) is 6.79. The van der Waals surface area contributed by atoms with Gasteiger partial charge in [-0.2, -0.15) is 0 Å². The normalized spacial score (nSPS) is 11.6. The Kier molecular flexibility index (Phi) is 3.22. The molecule has 0 aromatic carbocycles. The maximum Gasteiger partial charge on any atom is 0.196 e. The van der Waals surface area contributed by atoms with Gasteiger partial charge in [-0.15, -0.1) is 0 Å². The molecule has 0 heterocycles. The van der Waals surface area contributed by atoms with Crippen LogP contribution in [0.2, 0.25) is 0 Å². The summed E-state index contributed by atoms with van der Waals surface area (Å²) < 4.78 is 0. The molecule has 0 aromatic heterocycles. The summed E-state index contributed by atoms with van der Waals surface area (Å²) in [6.07, 6.45) is 0. The number of carbonyl (C=O) groups is 1. The molecule has 0 atom stereocenters. The molecule has 9 heavy (non-hydrogen) atoms. The van der Waals surface area contributed by atoms with Gasteiger partial charge >= 0.3 is 0 Å². The maximum atomic E-state index is 10.9. The molecule has 0 unspecified atom stereocenters. The van der Waals surface area contributed by atoms with E-state index in [0.717, 1.165) is 11.8 Å². The first kappa shape index (κ1) is 8.98. The Morgan fingerprint density at radius 1 is 1.56 bits per heavy atom. The first-order valence-corrected chi connectivity index (χ1v) is 3.75. The van der Waals surface area contributed by atoms with Crippen molar-refractivity contribution in [3.63, 3.8) is 0 Å². The highest BCUT2D eigenvalue weighted by molar-refractivity contribution is 8.13. The van der Waals surface area contributed by atoms with E-state index < -0.39 is 0 Å². The number of carbonyl (C=O) groups excluding carboxylic acids is 1. The van der Waals surface area contributed by atoms with E-state index in [9.17, 15) is 4.79 Å². The predicted molar refractivity (Wildman–Crippen MR) is 39.1 cm³/mol. The Hall–Kier alpha value is -0.0200.